The van der Waals surface area contributed by atoms with E-state index in [1.165, 1.54) is 15.3 Å². The first-order valence-electron chi connectivity index (χ1n) is 16.7. The number of Topliss-reactive ketones (excluding diaryl/α,β-unsaturated/α-hetero) is 1. The molecule has 0 unspecified atom stereocenters. The number of likely N-dealkylation sites (tertiary alicyclic amines) is 1. The van der Waals surface area contributed by atoms with E-state index in [0.29, 0.717) is 19.4 Å². The van der Waals surface area contributed by atoms with Gasteiger partial charge in [-0.1, -0.05) is 124 Å². The van der Waals surface area contributed by atoms with Crippen molar-refractivity contribution in [3.8, 4) is 0 Å². The molecule has 6 rings (SSSR count). The number of hydrogen-bond acceptors (Lipinski definition) is 5. The molecule has 3 aromatic carbocycles. The summed E-state index contributed by atoms with van der Waals surface area (Å²) in [5.74, 6) is -3.35. The number of carbonyl (C=O) groups excluding carboxylic acids is 3. The van der Waals surface area contributed by atoms with E-state index >= 15 is 0 Å². The van der Waals surface area contributed by atoms with Crippen LogP contribution in [0.1, 0.15) is 52.0 Å². The molecule has 1 aliphatic heterocycles. The number of fused-ring (bicyclic) bond motifs is 4. The van der Waals surface area contributed by atoms with Crippen molar-refractivity contribution >= 4 is 36.3 Å². The number of aliphatic hydroxyl groups excluding tert-OH is 1. The molecule has 240 valence electrons. The maximum atomic E-state index is 14.1. The largest absolute Gasteiger partial charge is 0.407 e. The average molecular weight is 636 g/mol. The van der Waals surface area contributed by atoms with Crippen LogP contribution in [0.15, 0.2) is 103 Å². The van der Waals surface area contributed by atoms with Crippen molar-refractivity contribution in [1.29, 1.82) is 0 Å². The number of ketones is 1. The van der Waals surface area contributed by atoms with Gasteiger partial charge in [0.25, 0.3) is 8.32 Å². The molecule has 0 spiro atoms. The van der Waals surface area contributed by atoms with Crippen molar-refractivity contribution in [3.63, 3.8) is 0 Å². The number of aliphatic hydroxyl groups is 1. The number of benzene rings is 3. The van der Waals surface area contributed by atoms with Crippen LogP contribution in [0.4, 0.5) is 0 Å². The number of carbonyl (C=O) groups is 3. The van der Waals surface area contributed by atoms with E-state index in [-0.39, 0.29) is 35.1 Å². The minimum absolute atomic E-state index is 0.0706. The van der Waals surface area contributed by atoms with E-state index in [1.54, 1.807) is 0 Å². The highest BCUT2D eigenvalue weighted by molar-refractivity contribution is 6.99. The third-order valence-corrected chi connectivity index (χ3v) is 15.5. The van der Waals surface area contributed by atoms with Gasteiger partial charge in [-0.2, -0.15) is 0 Å². The third-order valence-electron chi connectivity index (χ3n) is 10.4. The fourth-order valence-corrected chi connectivity index (χ4v) is 12.9. The Bertz CT molecular complexity index is 1530. The van der Waals surface area contributed by atoms with E-state index in [0.717, 1.165) is 18.4 Å². The number of rotatable bonds is 9. The van der Waals surface area contributed by atoms with Gasteiger partial charge in [0.2, 0.25) is 11.8 Å². The Morgan fingerprint density at radius 2 is 1.39 bits per heavy atom. The summed E-state index contributed by atoms with van der Waals surface area (Å²) in [6.07, 6.45) is 5.15. The molecular weight excluding hydrogens is 591 g/mol. The number of imide groups is 1. The van der Waals surface area contributed by atoms with Gasteiger partial charge in [0.1, 0.15) is 5.78 Å². The van der Waals surface area contributed by atoms with E-state index in [2.05, 4.69) is 75.4 Å². The Labute approximate surface area is 273 Å². The van der Waals surface area contributed by atoms with Crippen molar-refractivity contribution in [3.05, 3.63) is 109 Å². The summed E-state index contributed by atoms with van der Waals surface area (Å²) in [5.41, 5.74) is 0.868. The standard InChI is InChI=1S/C39H45NO5Si/c1-39(2,3)46(29-19-9-5-10-20-29,30-21-11-6-12-22-30)45-24-14-18-28-17-13-23-33(41)35-34-32(25-31(28)36(35)42)37(43)40(38(34)44)26-27-15-7-4-8-16-27/h4-13,15-17,19-22,28,31-35,41H,14,18,23-26H2,1-3H3/b17-13-/t28-,31-,32-,33+,34-,35-/m1/s1. The first-order valence-corrected chi connectivity index (χ1v) is 18.6. The molecule has 0 aromatic heterocycles. The van der Waals surface area contributed by atoms with Crippen LogP contribution in [-0.4, -0.2) is 48.6 Å². The highest BCUT2D eigenvalue weighted by Crippen LogP contribution is 2.48. The van der Waals surface area contributed by atoms with Gasteiger partial charge in [-0.25, -0.2) is 0 Å². The Hall–Kier alpha value is -3.65. The molecular formula is C39H45NO5Si. The van der Waals surface area contributed by atoms with Gasteiger partial charge in [-0.05, 0) is 52.6 Å². The molecule has 0 radical (unpaired) electrons. The van der Waals surface area contributed by atoms with Crippen molar-refractivity contribution in [1.82, 2.24) is 4.90 Å². The van der Waals surface area contributed by atoms with Crippen molar-refractivity contribution in [2.45, 2.75) is 64.1 Å². The molecule has 1 heterocycles. The Morgan fingerprint density at radius 1 is 0.804 bits per heavy atom. The lowest BCUT2D eigenvalue weighted by molar-refractivity contribution is -0.148. The van der Waals surface area contributed by atoms with E-state index in [1.807, 2.05) is 48.5 Å². The third kappa shape index (κ3) is 5.85. The van der Waals surface area contributed by atoms with Gasteiger partial charge in [-0.3, -0.25) is 19.3 Å². The van der Waals surface area contributed by atoms with Crippen LogP contribution < -0.4 is 10.4 Å². The van der Waals surface area contributed by atoms with Crippen molar-refractivity contribution < 1.29 is 23.9 Å². The normalized spacial score (nSPS) is 27.2. The second-order valence-corrected chi connectivity index (χ2v) is 18.5. The second kappa shape index (κ2) is 13.2. The van der Waals surface area contributed by atoms with Gasteiger partial charge in [0.15, 0.2) is 0 Å². The molecule has 46 heavy (non-hydrogen) atoms. The number of allylic oxidation sites excluding steroid dienone is 1. The summed E-state index contributed by atoms with van der Waals surface area (Å²) in [7, 11) is -2.68. The Balaban J connectivity index is 1.21. The minimum Gasteiger partial charge on any atom is -0.407 e. The van der Waals surface area contributed by atoms with Crippen molar-refractivity contribution in [2.75, 3.05) is 6.61 Å². The predicted molar refractivity (Wildman–Crippen MR) is 182 cm³/mol. The summed E-state index contributed by atoms with van der Waals surface area (Å²) in [6.45, 7) is 7.52. The van der Waals surface area contributed by atoms with Gasteiger partial charge >= 0.3 is 0 Å². The zero-order valence-corrected chi connectivity index (χ0v) is 28.0. The molecule has 2 aliphatic carbocycles. The fraction of sp³-hybridized carbons (Fsp3) is 0.410. The minimum atomic E-state index is -2.68. The lowest BCUT2D eigenvalue weighted by Gasteiger charge is -2.43. The number of hydrogen-bond donors (Lipinski definition) is 1. The van der Waals surface area contributed by atoms with Gasteiger partial charge in [-0.15, -0.1) is 0 Å². The van der Waals surface area contributed by atoms with Crippen LogP contribution in [0.25, 0.3) is 0 Å². The maximum Gasteiger partial charge on any atom is 0.261 e. The Morgan fingerprint density at radius 3 is 1.98 bits per heavy atom. The molecule has 2 amide bonds. The zero-order chi connectivity index (χ0) is 32.5. The highest BCUT2D eigenvalue weighted by atomic mass is 28.4. The van der Waals surface area contributed by atoms with E-state index in [4.69, 9.17) is 4.43 Å². The highest BCUT2D eigenvalue weighted by Gasteiger charge is 2.59. The molecule has 2 fully saturated rings. The maximum absolute atomic E-state index is 14.1. The summed E-state index contributed by atoms with van der Waals surface area (Å²) < 4.78 is 7.12. The zero-order valence-electron chi connectivity index (χ0n) is 27.0. The lowest BCUT2D eigenvalue weighted by Crippen LogP contribution is -2.66. The molecule has 3 aliphatic rings. The Kier molecular flexibility index (Phi) is 9.28. The smallest absolute Gasteiger partial charge is 0.261 e. The molecule has 1 N–H and O–H groups in total. The quantitative estimate of drug-likeness (QED) is 0.150. The topological polar surface area (TPSA) is 83.9 Å². The predicted octanol–water partition coefficient (Wildman–Crippen LogP) is 5.29. The van der Waals surface area contributed by atoms with E-state index in [9.17, 15) is 19.5 Å². The molecule has 1 saturated carbocycles. The van der Waals surface area contributed by atoms with Crippen LogP contribution in [0, 0.1) is 29.6 Å². The molecule has 7 heteroatoms. The summed E-state index contributed by atoms with van der Waals surface area (Å²) in [4.78, 5) is 42.7. The van der Waals surface area contributed by atoms with Crippen LogP contribution in [-0.2, 0) is 25.4 Å². The van der Waals surface area contributed by atoms with Crippen molar-refractivity contribution in [2.24, 2.45) is 29.6 Å². The molecule has 6 nitrogen and oxygen atoms in total. The van der Waals surface area contributed by atoms with Crippen LogP contribution in [0.2, 0.25) is 5.04 Å². The first-order chi connectivity index (χ1) is 22.1. The van der Waals surface area contributed by atoms with Gasteiger partial charge < -0.3 is 9.53 Å². The van der Waals surface area contributed by atoms with Crippen LogP contribution in [0.3, 0.4) is 0 Å². The SMILES string of the molecule is CC(C)(C)[Si](OCCC[C@H]1/C=C\C[C@H](O)[C@H]2C(=O)[C@@H]1C[C@H]1C(=O)N(Cc3ccccc3)C(=O)[C@@H]21)(c1ccccc1)c1ccccc1. The second-order valence-electron chi connectivity index (χ2n) is 14.2. The van der Waals surface area contributed by atoms with Gasteiger partial charge in [0.05, 0.1) is 30.4 Å². The summed E-state index contributed by atoms with van der Waals surface area (Å²) in [5, 5.41) is 13.5. The fourth-order valence-electron chi connectivity index (χ4n) is 8.29. The van der Waals surface area contributed by atoms with Crippen LogP contribution >= 0.6 is 0 Å². The van der Waals surface area contributed by atoms with E-state index < -0.39 is 38.1 Å². The summed E-state index contributed by atoms with van der Waals surface area (Å²) >= 11 is 0. The van der Waals surface area contributed by atoms with Gasteiger partial charge in [0, 0.05) is 12.5 Å². The molecule has 2 bridgehead atoms. The molecule has 3 aromatic rings. The average Bonchev–Trinajstić information content (AvgIpc) is 3.28. The molecule has 6 atom stereocenters. The molecule has 1 saturated heterocycles. The monoisotopic (exact) mass is 635 g/mol. The lowest BCUT2D eigenvalue weighted by atomic mass is 9.61. The number of nitrogens with zero attached hydrogens (tertiary/aromatic N) is 1. The first kappa shape index (κ1) is 32.3. The summed E-state index contributed by atoms with van der Waals surface area (Å²) in [6, 6.07) is 30.6. The van der Waals surface area contributed by atoms with Crippen LogP contribution in [0.5, 0.6) is 0 Å². The number of amides is 2.